The normalized spacial score (nSPS) is 9.56. The van der Waals surface area contributed by atoms with Gasteiger partial charge in [0.2, 0.25) is 0 Å². The summed E-state index contributed by atoms with van der Waals surface area (Å²) in [5.41, 5.74) is 8.65. The van der Waals surface area contributed by atoms with E-state index >= 15 is 0 Å². The van der Waals surface area contributed by atoms with E-state index in [1.165, 1.54) is 0 Å². The van der Waals surface area contributed by atoms with Crippen LogP contribution in [0.5, 0.6) is 0 Å². The number of hydrogen-bond acceptors (Lipinski definition) is 1. The van der Waals surface area contributed by atoms with E-state index in [1.54, 1.807) is 0 Å². The summed E-state index contributed by atoms with van der Waals surface area (Å²) in [6.07, 6.45) is 0. The summed E-state index contributed by atoms with van der Waals surface area (Å²) in [5, 5.41) is 0. The van der Waals surface area contributed by atoms with E-state index in [0.717, 1.165) is 16.8 Å². The van der Waals surface area contributed by atoms with Gasteiger partial charge in [0.25, 0.3) is 0 Å². The molecular formula is C8H10N. The summed E-state index contributed by atoms with van der Waals surface area (Å²) >= 11 is 0. The van der Waals surface area contributed by atoms with Gasteiger partial charge in [0, 0.05) is 5.69 Å². The lowest BCUT2D eigenvalue weighted by Crippen LogP contribution is -1.88. The van der Waals surface area contributed by atoms with Gasteiger partial charge in [0.15, 0.2) is 0 Å². The van der Waals surface area contributed by atoms with Crippen LogP contribution in [0.15, 0.2) is 12.1 Å². The summed E-state index contributed by atoms with van der Waals surface area (Å²) in [4.78, 5) is 0. The molecule has 1 radical (unpaired) electrons. The van der Waals surface area contributed by atoms with Crippen molar-refractivity contribution in [3.05, 3.63) is 29.3 Å². The third kappa shape index (κ3) is 1.22. The maximum Gasteiger partial charge on any atom is 0.0346 e. The second-order valence-corrected chi connectivity index (χ2v) is 2.25. The lowest BCUT2D eigenvalue weighted by molar-refractivity contribution is 1.39. The molecule has 0 saturated heterocycles. The Kier molecular flexibility index (Phi) is 1.43. The Morgan fingerprint density at radius 3 is 2.56 bits per heavy atom. The number of aryl methyl sites for hydroxylation is 2. The molecule has 1 rings (SSSR count). The van der Waals surface area contributed by atoms with Gasteiger partial charge >= 0.3 is 0 Å². The standard InChI is InChI=1S/C8H10N/c1-6-3-4-7(2)8(9)5-6/h4-5H,9H2,1-2H3. The van der Waals surface area contributed by atoms with Crippen LogP contribution in [0.3, 0.4) is 0 Å². The smallest absolute Gasteiger partial charge is 0.0346 e. The lowest BCUT2D eigenvalue weighted by Gasteiger charge is -1.97. The van der Waals surface area contributed by atoms with E-state index in [-0.39, 0.29) is 0 Å². The predicted molar refractivity (Wildman–Crippen MR) is 39.2 cm³/mol. The Bertz CT molecular complexity index is 216. The maximum atomic E-state index is 5.60. The van der Waals surface area contributed by atoms with Gasteiger partial charge in [-0.2, -0.15) is 0 Å². The molecule has 1 aromatic rings. The zero-order valence-corrected chi connectivity index (χ0v) is 5.73. The topological polar surface area (TPSA) is 26.0 Å². The number of nitrogen functional groups attached to an aromatic ring is 1. The van der Waals surface area contributed by atoms with Crippen LogP contribution in [-0.2, 0) is 0 Å². The monoisotopic (exact) mass is 120 g/mol. The Morgan fingerprint density at radius 2 is 2.11 bits per heavy atom. The summed E-state index contributed by atoms with van der Waals surface area (Å²) in [7, 11) is 0. The molecule has 0 aliphatic heterocycles. The van der Waals surface area contributed by atoms with E-state index in [1.807, 2.05) is 26.0 Å². The molecule has 1 nitrogen and oxygen atoms in total. The summed E-state index contributed by atoms with van der Waals surface area (Å²) in [6.45, 7) is 3.96. The highest BCUT2D eigenvalue weighted by Gasteiger charge is 1.90. The van der Waals surface area contributed by atoms with E-state index in [4.69, 9.17) is 5.73 Å². The third-order valence-electron chi connectivity index (χ3n) is 1.34. The van der Waals surface area contributed by atoms with Crippen molar-refractivity contribution in [1.29, 1.82) is 0 Å². The van der Waals surface area contributed by atoms with Gasteiger partial charge in [-0.05, 0) is 43.2 Å². The van der Waals surface area contributed by atoms with Crippen molar-refractivity contribution in [2.45, 2.75) is 13.8 Å². The second-order valence-electron chi connectivity index (χ2n) is 2.25. The number of benzene rings is 1. The molecule has 1 heteroatoms. The average molecular weight is 120 g/mol. The van der Waals surface area contributed by atoms with Crippen LogP contribution in [-0.4, -0.2) is 0 Å². The minimum atomic E-state index is 0.853. The third-order valence-corrected chi connectivity index (χ3v) is 1.34. The fourth-order valence-corrected chi connectivity index (χ4v) is 0.694. The number of nitrogens with two attached hydrogens (primary N) is 1. The molecule has 9 heavy (non-hydrogen) atoms. The lowest BCUT2D eigenvalue weighted by atomic mass is 10.1. The Labute approximate surface area is 55.5 Å². The molecule has 0 amide bonds. The largest absolute Gasteiger partial charge is 0.399 e. The first-order chi connectivity index (χ1) is 4.20. The number of hydrogen-bond donors (Lipinski definition) is 1. The quantitative estimate of drug-likeness (QED) is 0.518. The molecule has 47 valence electrons. The zero-order chi connectivity index (χ0) is 6.85. The summed E-state index contributed by atoms with van der Waals surface area (Å²) < 4.78 is 0. The van der Waals surface area contributed by atoms with Crippen LogP contribution < -0.4 is 5.73 Å². The van der Waals surface area contributed by atoms with Crippen molar-refractivity contribution in [2.24, 2.45) is 0 Å². The second kappa shape index (κ2) is 2.09. The molecule has 0 atom stereocenters. The van der Waals surface area contributed by atoms with Crippen molar-refractivity contribution < 1.29 is 0 Å². The Balaban J connectivity index is 3.17. The van der Waals surface area contributed by atoms with Crippen molar-refractivity contribution in [1.82, 2.24) is 0 Å². The zero-order valence-electron chi connectivity index (χ0n) is 5.73. The summed E-state index contributed by atoms with van der Waals surface area (Å²) in [5.74, 6) is 0. The molecule has 0 bridgehead atoms. The van der Waals surface area contributed by atoms with Crippen LogP contribution >= 0.6 is 0 Å². The maximum absolute atomic E-state index is 5.60. The highest BCUT2D eigenvalue weighted by atomic mass is 14.5. The molecule has 0 spiro atoms. The minimum absolute atomic E-state index is 0.853. The average Bonchev–Trinajstić information content (AvgIpc) is 1.80. The molecule has 0 heterocycles. The van der Waals surface area contributed by atoms with Gasteiger partial charge in [-0.25, -0.2) is 0 Å². The van der Waals surface area contributed by atoms with E-state index in [0.29, 0.717) is 0 Å². The molecule has 0 aromatic heterocycles. The first kappa shape index (κ1) is 6.14. The highest BCUT2D eigenvalue weighted by Crippen LogP contribution is 2.10. The molecule has 2 N–H and O–H groups in total. The van der Waals surface area contributed by atoms with Crippen LogP contribution in [0, 0.1) is 19.9 Å². The van der Waals surface area contributed by atoms with Gasteiger partial charge < -0.3 is 5.73 Å². The van der Waals surface area contributed by atoms with Crippen molar-refractivity contribution in [3.63, 3.8) is 0 Å². The molecule has 0 fully saturated rings. The molecule has 0 saturated carbocycles. The Morgan fingerprint density at radius 1 is 1.44 bits per heavy atom. The van der Waals surface area contributed by atoms with Gasteiger partial charge in [-0.1, -0.05) is 0 Å². The predicted octanol–water partition coefficient (Wildman–Crippen LogP) is 1.69. The van der Waals surface area contributed by atoms with Gasteiger partial charge in [-0.15, -0.1) is 0 Å². The first-order valence-corrected chi connectivity index (χ1v) is 2.94. The van der Waals surface area contributed by atoms with E-state index < -0.39 is 0 Å². The minimum Gasteiger partial charge on any atom is -0.399 e. The Hall–Kier alpha value is -0.980. The molecule has 0 unspecified atom stereocenters. The SMILES string of the molecule is Cc1[c]cc(C)c(N)c1. The van der Waals surface area contributed by atoms with Crippen molar-refractivity contribution in [2.75, 3.05) is 5.73 Å². The van der Waals surface area contributed by atoms with Gasteiger partial charge in [-0.3, -0.25) is 0 Å². The first-order valence-electron chi connectivity index (χ1n) is 2.94. The van der Waals surface area contributed by atoms with Gasteiger partial charge in [0.1, 0.15) is 0 Å². The molecule has 1 aromatic carbocycles. The van der Waals surface area contributed by atoms with E-state index in [9.17, 15) is 0 Å². The molecule has 0 aliphatic carbocycles. The summed E-state index contributed by atoms with van der Waals surface area (Å²) in [6, 6.07) is 6.89. The van der Waals surface area contributed by atoms with Crippen LogP contribution in [0.25, 0.3) is 0 Å². The van der Waals surface area contributed by atoms with Crippen molar-refractivity contribution in [3.8, 4) is 0 Å². The number of rotatable bonds is 0. The highest BCUT2D eigenvalue weighted by molar-refractivity contribution is 5.47. The fourth-order valence-electron chi connectivity index (χ4n) is 0.694. The van der Waals surface area contributed by atoms with E-state index in [2.05, 4.69) is 6.07 Å². The number of anilines is 1. The van der Waals surface area contributed by atoms with Crippen LogP contribution in [0.2, 0.25) is 0 Å². The van der Waals surface area contributed by atoms with Crippen LogP contribution in [0.4, 0.5) is 5.69 Å². The van der Waals surface area contributed by atoms with Crippen molar-refractivity contribution >= 4 is 5.69 Å². The molecular weight excluding hydrogens is 110 g/mol. The van der Waals surface area contributed by atoms with Gasteiger partial charge in [0.05, 0.1) is 0 Å². The molecule has 0 aliphatic rings. The fraction of sp³-hybridized carbons (Fsp3) is 0.250. The van der Waals surface area contributed by atoms with Crippen LogP contribution in [0.1, 0.15) is 11.1 Å².